The SMILES string of the molecule is CCC1NCC2(CCCCCC2)OC1c1ccccc1. The summed E-state index contributed by atoms with van der Waals surface area (Å²) in [5.41, 5.74) is 1.41. The smallest absolute Gasteiger partial charge is 0.0985 e. The summed E-state index contributed by atoms with van der Waals surface area (Å²) >= 11 is 0. The summed E-state index contributed by atoms with van der Waals surface area (Å²) in [6.07, 6.45) is 9.17. The number of ether oxygens (including phenoxy) is 1. The summed E-state index contributed by atoms with van der Waals surface area (Å²) in [6, 6.07) is 11.2. The van der Waals surface area contributed by atoms with Crippen molar-refractivity contribution >= 4 is 0 Å². The first-order chi connectivity index (χ1) is 9.83. The first-order valence-electron chi connectivity index (χ1n) is 8.29. The Morgan fingerprint density at radius 1 is 1.10 bits per heavy atom. The number of morpholine rings is 1. The first-order valence-corrected chi connectivity index (χ1v) is 8.29. The van der Waals surface area contributed by atoms with Crippen LogP contribution >= 0.6 is 0 Å². The fraction of sp³-hybridized carbons (Fsp3) is 0.667. The summed E-state index contributed by atoms with van der Waals surface area (Å²) in [5, 5.41) is 3.78. The first kappa shape index (κ1) is 14.1. The Bertz CT molecular complexity index is 409. The van der Waals surface area contributed by atoms with E-state index in [0.717, 1.165) is 13.0 Å². The van der Waals surface area contributed by atoms with Gasteiger partial charge in [0.05, 0.1) is 11.7 Å². The van der Waals surface area contributed by atoms with Gasteiger partial charge in [0.2, 0.25) is 0 Å². The molecule has 0 amide bonds. The van der Waals surface area contributed by atoms with Crippen molar-refractivity contribution in [2.45, 2.75) is 69.6 Å². The second-order valence-corrected chi connectivity index (χ2v) is 6.44. The van der Waals surface area contributed by atoms with E-state index in [0.29, 0.717) is 6.04 Å². The molecule has 1 saturated heterocycles. The molecule has 3 rings (SSSR count). The Morgan fingerprint density at radius 3 is 2.45 bits per heavy atom. The molecule has 1 saturated carbocycles. The third kappa shape index (κ3) is 2.91. The lowest BCUT2D eigenvalue weighted by Crippen LogP contribution is -2.55. The predicted octanol–water partition coefficient (Wildman–Crippen LogP) is 4.22. The molecule has 1 aromatic rings. The third-order valence-electron chi connectivity index (χ3n) is 5.01. The van der Waals surface area contributed by atoms with Gasteiger partial charge in [-0.25, -0.2) is 0 Å². The fourth-order valence-corrected chi connectivity index (χ4v) is 3.79. The van der Waals surface area contributed by atoms with E-state index in [1.807, 2.05) is 0 Å². The van der Waals surface area contributed by atoms with E-state index in [1.165, 1.54) is 44.1 Å². The van der Waals surface area contributed by atoms with Gasteiger partial charge in [-0.1, -0.05) is 62.9 Å². The highest BCUT2D eigenvalue weighted by Gasteiger charge is 2.41. The molecule has 0 aromatic heterocycles. The molecule has 2 heteroatoms. The lowest BCUT2D eigenvalue weighted by atomic mass is 9.88. The van der Waals surface area contributed by atoms with Crippen LogP contribution in [0.3, 0.4) is 0 Å². The number of hydrogen-bond donors (Lipinski definition) is 1. The molecular weight excluding hydrogens is 246 g/mol. The van der Waals surface area contributed by atoms with E-state index in [2.05, 4.69) is 42.6 Å². The summed E-state index contributed by atoms with van der Waals surface area (Å²) in [4.78, 5) is 0. The summed E-state index contributed by atoms with van der Waals surface area (Å²) in [6.45, 7) is 3.29. The summed E-state index contributed by atoms with van der Waals surface area (Å²) < 4.78 is 6.72. The zero-order chi connectivity index (χ0) is 13.8. The van der Waals surface area contributed by atoms with Crippen LogP contribution < -0.4 is 5.32 Å². The number of benzene rings is 1. The van der Waals surface area contributed by atoms with Crippen molar-refractivity contribution in [3.8, 4) is 0 Å². The summed E-state index contributed by atoms with van der Waals surface area (Å²) in [5.74, 6) is 0. The molecule has 1 aliphatic heterocycles. The Labute approximate surface area is 122 Å². The maximum Gasteiger partial charge on any atom is 0.0985 e. The minimum absolute atomic E-state index is 0.0860. The van der Waals surface area contributed by atoms with Crippen LogP contribution in [-0.4, -0.2) is 18.2 Å². The van der Waals surface area contributed by atoms with E-state index in [4.69, 9.17) is 4.74 Å². The highest BCUT2D eigenvalue weighted by Crippen LogP contribution is 2.39. The van der Waals surface area contributed by atoms with Crippen LogP contribution in [0.1, 0.15) is 63.5 Å². The van der Waals surface area contributed by atoms with Gasteiger partial charge < -0.3 is 10.1 Å². The molecule has 1 heterocycles. The molecule has 2 aliphatic rings. The van der Waals surface area contributed by atoms with Gasteiger partial charge in [-0.15, -0.1) is 0 Å². The average molecular weight is 273 g/mol. The lowest BCUT2D eigenvalue weighted by molar-refractivity contribution is -0.145. The zero-order valence-corrected chi connectivity index (χ0v) is 12.6. The standard InChI is InChI=1S/C18H27NO/c1-2-16-17(15-10-6-5-7-11-15)20-18(14-19-16)12-8-3-4-9-13-18/h5-7,10-11,16-17,19H,2-4,8-9,12-14H2,1H3. The number of hydrogen-bond acceptors (Lipinski definition) is 2. The highest BCUT2D eigenvalue weighted by atomic mass is 16.5. The number of rotatable bonds is 2. The Morgan fingerprint density at radius 2 is 1.80 bits per heavy atom. The predicted molar refractivity (Wildman–Crippen MR) is 82.8 cm³/mol. The lowest BCUT2D eigenvalue weighted by Gasteiger charge is -2.45. The van der Waals surface area contributed by atoms with E-state index in [9.17, 15) is 0 Å². The molecule has 1 N–H and O–H groups in total. The maximum absolute atomic E-state index is 6.72. The van der Waals surface area contributed by atoms with E-state index in [1.54, 1.807) is 0 Å². The molecule has 2 atom stereocenters. The maximum atomic E-state index is 6.72. The monoisotopic (exact) mass is 273 g/mol. The molecule has 110 valence electrons. The Balaban J connectivity index is 1.82. The molecule has 2 nitrogen and oxygen atoms in total. The molecule has 0 bridgehead atoms. The Hall–Kier alpha value is -0.860. The zero-order valence-electron chi connectivity index (χ0n) is 12.6. The normalized spacial score (nSPS) is 30.1. The minimum atomic E-state index is 0.0860. The van der Waals surface area contributed by atoms with Crippen LogP contribution in [0.25, 0.3) is 0 Å². The van der Waals surface area contributed by atoms with Crippen molar-refractivity contribution in [1.82, 2.24) is 5.32 Å². The molecule has 1 aromatic carbocycles. The van der Waals surface area contributed by atoms with Gasteiger partial charge >= 0.3 is 0 Å². The topological polar surface area (TPSA) is 21.3 Å². The minimum Gasteiger partial charge on any atom is -0.364 e. The Kier molecular flexibility index (Phi) is 4.42. The molecule has 20 heavy (non-hydrogen) atoms. The van der Waals surface area contributed by atoms with Crippen LogP contribution in [0.2, 0.25) is 0 Å². The van der Waals surface area contributed by atoms with Gasteiger partial charge in [0.15, 0.2) is 0 Å². The van der Waals surface area contributed by atoms with Crippen LogP contribution in [0.5, 0.6) is 0 Å². The van der Waals surface area contributed by atoms with Gasteiger partial charge in [0.25, 0.3) is 0 Å². The molecule has 0 radical (unpaired) electrons. The quantitative estimate of drug-likeness (QED) is 0.871. The van der Waals surface area contributed by atoms with Crippen molar-refractivity contribution in [3.63, 3.8) is 0 Å². The van der Waals surface area contributed by atoms with Crippen LogP contribution in [0, 0.1) is 0 Å². The van der Waals surface area contributed by atoms with Gasteiger partial charge in [0.1, 0.15) is 0 Å². The van der Waals surface area contributed by atoms with E-state index >= 15 is 0 Å². The van der Waals surface area contributed by atoms with Crippen molar-refractivity contribution in [3.05, 3.63) is 35.9 Å². The van der Waals surface area contributed by atoms with Crippen molar-refractivity contribution < 1.29 is 4.74 Å². The van der Waals surface area contributed by atoms with Crippen LogP contribution in [0.15, 0.2) is 30.3 Å². The molecular formula is C18H27NO. The van der Waals surface area contributed by atoms with E-state index < -0.39 is 0 Å². The second kappa shape index (κ2) is 6.28. The molecule has 2 fully saturated rings. The summed E-state index contributed by atoms with van der Waals surface area (Å²) in [7, 11) is 0. The molecule has 2 unspecified atom stereocenters. The van der Waals surface area contributed by atoms with Crippen LogP contribution in [-0.2, 0) is 4.74 Å². The van der Waals surface area contributed by atoms with E-state index in [-0.39, 0.29) is 11.7 Å². The highest BCUT2D eigenvalue weighted by molar-refractivity contribution is 5.20. The third-order valence-corrected chi connectivity index (χ3v) is 5.01. The van der Waals surface area contributed by atoms with Gasteiger partial charge in [-0.2, -0.15) is 0 Å². The van der Waals surface area contributed by atoms with Gasteiger partial charge in [-0.3, -0.25) is 0 Å². The van der Waals surface area contributed by atoms with Crippen molar-refractivity contribution in [1.29, 1.82) is 0 Å². The van der Waals surface area contributed by atoms with Crippen LogP contribution in [0.4, 0.5) is 0 Å². The average Bonchev–Trinajstić information content (AvgIpc) is 2.74. The van der Waals surface area contributed by atoms with Crippen molar-refractivity contribution in [2.24, 2.45) is 0 Å². The largest absolute Gasteiger partial charge is 0.364 e. The van der Waals surface area contributed by atoms with Gasteiger partial charge in [-0.05, 0) is 24.8 Å². The fourth-order valence-electron chi connectivity index (χ4n) is 3.79. The van der Waals surface area contributed by atoms with Gasteiger partial charge in [0, 0.05) is 12.6 Å². The second-order valence-electron chi connectivity index (χ2n) is 6.44. The molecule has 1 aliphatic carbocycles. The number of nitrogens with one attached hydrogen (secondary N) is 1. The van der Waals surface area contributed by atoms with Crippen molar-refractivity contribution in [2.75, 3.05) is 6.54 Å². The molecule has 1 spiro atoms.